The third-order valence-electron chi connectivity index (χ3n) is 4.54. The van der Waals surface area contributed by atoms with E-state index in [0.29, 0.717) is 48.9 Å². The van der Waals surface area contributed by atoms with E-state index < -0.39 is 0 Å². The number of benzene rings is 1. The molecule has 140 valence electrons. The number of anilines is 1. The smallest absolute Gasteiger partial charge is 0.410 e. The summed E-state index contributed by atoms with van der Waals surface area (Å²) in [7, 11) is 0. The number of pyridine rings is 1. The van der Waals surface area contributed by atoms with Crippen molar-refractivity contribution in [2.24, 2.45) is 0 Å². The second-order valence-corrected chi connectivity index (χ2v) is 6.22. The molecule has 1 aromatic heterocycles. The summed E-state index contributed by atoms with van der Waals surface area (Å²) in [6, 6.07) is 5.25. The Kier molecular flexibility index (Phi) is 4.53. The minimum atomic E-state index is -0.349. The number of aromatic nitrogens is 1. The first-order valence-corrected chi connectivity index (χ1v) is 8.74. The van der Waals surface area contributed by atoms with Crippen molar-refractivity contribution in [1.29, 1.82) is 0 Å². The first-order valence-electron chi connectivity index (χ1n) is 8.74. The number of ether oxygens (including phenoxy) is 3. The number of fused-ring (bicyclic) bond motifs is 2. The molecule has 0 fully saturated rings. The minimum absolute atomic E-state index is 0.180. The highest BCUT2D eigenvalue weighted by molar-refractivity contribution is 6.05. The fraction of sp³-hybridized carbons (Fsp3) is 0.316. The molecule has 1 N–H and O–H groups in total. The molecule has 1 aromatic carbocycles. The number of hydrogen-bond donors (Lipinski definition) is 1. The van der Waals surface area contributed by atoms with Gasteiger partial charge in [-0.25, -0.2) is 4.79 Å². The van der Waals surface area contributed by atoms with Crippen LogP contribution in [0.5, 0.6) is 11.5 Å². The van der Waals surface area contributed by atoms with Gasteiger partial charge in [0.05, 0.1) is 18.7 Å². The van der Waals surface area contributed by atoms with Crippen LogP contribution in [0.25, 0.3) is 0 Å². The van der Waals surface area contributed by atoms with Gasteiger partial charge >= 0.3 is 6.09 Å². The summed E-state index contributed by atoms with van der Waals surface area (Å²) in [6.45, 7) is 3.17. The maximum atomic E-state index is 12.8. The van der Waals surface area contributed by atoms with E-state index in [9.17, 15) is 9.59 Å². The lowest BCUT2D eigenvalue weighted by molar-refractivity contribution is 0.101. The number of nitrogens with zero attached hydrogens (tertiary/aromatic N) is 2. The molecule has 4 rings (SSSR count). The van der Waals surface area contributed by atoms with Crippen LogP contribution in [0.3, 0.4) is 0 Å². The minimum Gasteiger partial charge on any atom is -0.454 e. The van der Waals surface area contributed by atoms with E-state index in [1.165, 1.54) is 0 Å². The van der Waals surface area contributed by atoms with Gasteiger partial charge in [-0.2, -0.15) is 0 Å². The predicted octanol–water partition coefficient (Wildman–Crippen LogP) is 2.58. The quantitative estimate of drug-likeness (QED) is 0.894. The number of amides is 2. The molecule has 2 aliphatic heterocycles. The summed E-state index contributed by atoms with van der Waals surface area (Å²) < 4.78 is 15.7. The zero-order valence-electron chi connectivity index (χ0n) is 14.9. The Morgan fingerprint density at radius 1 is 1.26 bits per heavy atom. The largest absolute Gasteiger partial charge is 0.454 e. The van der Waals surface area contributed by atoms with E-state index in [2.05, 4.69) is 10.3 Å². The lowest BCUT2D eigenvalue weighted by Gasteiger charge is -2.28. The number of carbonyl (C=O) groups is 2. The van der Waals surface area contributed by atoms with Crippen molar-refractivity contribution in [2.45, 2.75) is 19.9 Å². The number of carbonyl (C=O) groups excluding carboxylic acids is 2. The number of nitrogens with one attached hydrogen (secondary N) is 1. The second-order valence-electron chi connectivity index (χ2n) is 6.22. The van der Waals surface area contributed by atoms with Crippen LogP contribution in [-0.4, -0.2) is 41.8 Å². The van der Waals surface area contributed by atoms with E-state index in [-0.39, 0.29) is 18.8 Å². The Morgan fingerprint density at radius 2 is 2.11 bits per heavy atom. The molecule has 3 heterocycles. The van der Waals surface area contributed by atoms with E-state index >= 15 is 0 Å². The Labute approximate surface area is 156 Å². The molecule has 0 spiro atoms. The Hall–Kier alpha value is -3.29. The van der Waals surface area contributed by atoms with Crippen molar-refractivity contribution in [3.05, 3.63) is 47.3 Å². The average molecular weight is 369 g/mol. The highest BCUT2D eigenvalue weighted by Gasteiger charge is 2.26. The van der Waals surface area contributed by atoms with Crippen LogP contribution in [0.4, 0.5) is 10.5 Å². The van der Waals surface area contributed by atoms with Gasteiger partial charge in [0.1, 0.15) is 0 Å². The van der Waals surface area contributed by atoms with Gasteiger partial charge < -0.3 is 24.4 Å². The van der Waals surface area contributed by atoms with Crippen LogP contribution >= 0.6 is 0 Å². The van der Waals surface area contributed by atoms with Gasteiger partial charge in [-0.3, -0.25) is 9.78 Å². The van der Waals surface area contributed by atoms with Crippen molar-refractivity contribution in [1.82, 2.24) is 9.88 Å². The van der Waals surface area contributed by atoms with Gasteiger partial charge in [0, 0.05) is 30.7 Å². The fourth-order valence-corrected chi connectivity index (χ4v) is 3.23. The topological polar surface area (TPSA) is 90.0 Å². The molecule has 0 bridgehead atoms. The summed E-state index contributed by atoms with van der Waals surface area (Å²) in [6.07, 6.45) is 3.47. The van der Waals surface area contributed by atoms with E-state index in [4.69, 9.17) is 14.2 Å². The van der Waals surface area contributed by atoms with Crippen LogP contribution in [0.15, 0.2) is 30.6 Å². The van der Waals surface area contributed by atoms with Crippen LogP contribution in [-0.2, 0) is 17.7 Å². The maximum absolute atomic E-state index is 12.8. The van der Waals surface area contributed by atoms with Gasteiger partial charge in [0.2, 0.25) is 6.79 Å². The summed E-state index contributed by atoms with van der Waals surface area (Å²) >= 11 is 0. The van der Waals surface area contributed by atoms with E-state index in [0.717, 1.165) is 11.1 Å². The zero-order chi connectivity index (χ0) is 18.8. The van der Waals surface area contributed by atoms with Crippen LogP contribution in [0.1, 0.15) is 28.4 Å². The Balaban J connectivity index is 1.52. The summed E-state index contributed by atoms with van der Waals surface area (Å²) in [5.74, 6) is 1.01. The molecule has 0 aliphatic carbocycles. The molecule has 0 radical (unpaired) electrons. The van der Waals surface area contributed by atoms with Crippen LogP contribution in [0, 0.1) is 0 Å². The van der Waals surface area contributed by atoms with Crippen molar-refractivity contribution >= 4 is 17.7 Å². The molecule has 27 heavy (non-hydrogen) atoms. The van der Waals surface area contributed by atoms with Gasteiger partial charge in [-0.1, -0.05) is 0 Å². The highest BCUT2D eigenvalue weighted by Crippen LogP contribution is 2.34. The fourth-order valence-electron chi connectivity index (χ4n) is 3.23. The molecule has 2 aromatic rings. The van der Waals surface area contributed by atoms with E-state index in [1.807, 2.05) is 0 Å². The standard InChI is InChI=1S/C19H19N3O5/c1-2-25-19(24)22-6-5-14-12(10-22)8-20-9-15(14)18(23)21-13-3-4-16-17(7-13)27-11-26-16/h3-4,7-9H,2,5-6,10-11H2,1H3,(H,21,23). The molecule has 0 saturated carbocycles. The van der Waals surface area contributed by atoms with Gasteiger partial charge in [-0.15, -0.1) is 0 Å². The molecule has 0 saturated heterocycles. The molecular weight excluding hydrogens is 350 g/mol. The Bertz CT molecular complexity index is 899. The molecule has 2 amide bonds. The lowest BCUT2D eigenvalue weighted by atomic mass is 9.97. The predicted molar refractivity (Wildman–Crippen MR) is 95.9 cm³/mol. The molecule has 0 atom stereocenters. The zero-order valence-corrected chi connectivity index (χ0v) is 14.9. The first-order chi connectivity index (χ1) is 13.2. The molecule has 8 heteroatoms. The molecule has 8 nitrogen and oxygen atoms in total. The van der Waals surface area contributed by atoms with Gasteiger partial charge in [0.25, 0.3) is 5.91 Å². The number of rotatable bonds is 3. The van der Waals surface area contributed by atoms with Crippen LogP contribution < -0.4 is 14.8 Å². The third-order valence-corrected chi connectivity index (χ3v) is 4.54. The third kappa shape index (κ3) is 3.38. The average Bonchev–Trinajstić information content (AvgIpc) is 3.15. The molecule has 0 unspecified atom stereocenters. The van der Waals surface area contributed by atoms with Gasteiger partial charge in [-0.05, 0) is 36.6 Å². The molecule has 2 aliphatic rings. The van der Waals surface area contributed by atoms with Crippen LogP contribution in [0.2, 0.25) is 0 Å². The SMILES string of the molecule is CCOC(=O)N1CCc2c(cncc2C(=O)Nc2ccc3c(c2)OCO3)C1. The van der Waals surface area contributed by atoms with E-state index in [1.54, 1.807) is 42.4 Å². The Morgan fingerprint density at radius 3 is 2.96 bits per heavy atom. The normalized spacial score (nSPS) is 14.5. The van der Waals surface area contributed by atoms with Crippen molar-refractivity contribution in [2.75, 3.05) is 25.3 Å². The molecular formula is C19H19N3O5. The maximum Gasteiger partial charge on any atom is 0.410 e. The van der Waals surface area contributed by atoms with Crippen molar-refractivity contribution < 1.29 is 23.8 Å². The van der Waals surface area contributed by atoms with Crippen molar-refractivity contribution in [3.8, 4) is 11.5 Å². The van der Waals surface area contributed by atoms with Crippen molar-refractivity contribution in [3.63, 3.8) is 0 Å². The summed E-state index contributed by atoms with van der Waals surface area (Å²) in [4.78, 5) is 30.5. The monoisotopic (exact) mass is 369 g/mol. The first kappa shape index (κ1) is 17.1. The summed E-state index contributed by atoms with van der Waals surface area (Å²) in [5.41, 5.74) is 2.89. The lowest BCUT2D eigenvalue weighted by Crippen LogP contribution is -2.37. The summed E-state index contributed by atoms with van der Waals surface area (Å²) in [5, 5.41) is 2.87. The highest BCUT2D eigenvalue weighted by atomic mass is 16.7. The number of hydrogen-bond acceptors (Lipinski definition) is 6. The van der Waals surface area contributed by atoms with Gasteiger partial charge in [0.15, 0.2) is 11.5 Å². The second kappa shape index (κ2) is 7.14.